The largest absolute Gasteiger partial charge is 0.330 e. The Balaban J connectivity index is 2.21. The second-order valence-corrected chi connectivity index (χ2v) is 5.79. The molecule has 0 unspecified atom stereocenters. The number of nitrogens with zero attached hydrogens (tertiary/aromatic N) is 2. The number of nitrogens with two attached hydrogens (primary N) is 1. The molecule has 1 aliphatic carbocycles. The number of hydrogen-bond acceptors (Lipinski definition) is 3. The van der Waals surface area contributed by atoms with Gasteiger partial charge in [0.1, 0.15) is 0 Å². The van der Waals surface area contributed by atoms with Crippen LogP contribution >= 0.6 is 0 Å². The summed E-state index contributed by atoms with van der Waals surface area (Å²) in [6, 6.07) is 0. The topological polar surface area (TPSA) is 32.5 Å². The molecule has 0 aromatic heterocycles. The van der Waals surface area contributed by atoms with Crippen LogP contribution in [0.4, 0.5) is 0 Å². The first-order valence-electron chi connectivity index (χ1n) is 7.84. The third-order valence-electron chi connectivity index (χ3n) is 4.48. The Kier molecular flexibility index (Phi) is 7.20. The van der Waals surface area contributed by atoms with Crippen molar-refractivity contribution in [1.29, 1.82) is 0 Å². The highest BCUT2D eigenvalue weighted by molar-refractivity contribution is 4.95. The lowest BCUT2D eigenvalue weighted by molar-refractivity contribution is 0.204. The van der Waals surface area contributed by atoms with Crippen LogP contribution in [0, 0.1) is 5.41 Å². The average molecular weight is 255 g/mol. The van der Waals surface area contributed by atoms with Gasteiger partial charge in [-0.3, -0.25) is 0 Å². The Morgan fingerprint density at radius 3 is 1.94 bits per heavy atom. The monoisotopic (exact) mass is 255 g/mol. The van der Waals surface area contributed by atoms with E-state index >= 15 is 0 Å². The SMILES string of the molecule is CCN(CC)CCCN(CC)CC1(CCN)CC1. The molecule has 0 aromatic rings. The first-order chi connectivity index (χ1) is 8.69. The summed E-state index contributed by atoms with van der Waals surface area (Å²) in [6.45, 7) is 15.0. The van der Waals surface area contributed by atoms with Crippen molar-refractivity contribution in [3.05, 3.63) is 0 Å². The fourth-order valence-electron chi connectivity index (χ4n) is 2.85. The minimum absolute atomic E-state index is 0.597. The summed E-state index contributed by atoms with van der Waals surface area (Å²) >= 11 is 0. The van der Waals surface area contributed by atoms with Crippen molar-refractivity contribution in [3.63, 3.8) is 0 Å². The Morgan fingerprint density at radius 2 is 1.50 bits per heavy atom. The lowest BCUT2D eigenvalue weighted by atomic mass is 10.0. The van der Waals surface area contributed by atoms with E-state index in [1.807, 2.05) is 0 Å². The van der Waals surface area contributed by atoms with Crippen LogP contribution in [0.1, 0.15) is 46.5 Å². The van der Waals surface area contributed by atoms with Crippen molar-refractivity contribution in [1.82, 2.24) is 9.80 Å². The average Bonchev–Trinajstić information content (AvgIpc) is 3.13. The van der Waals surface area contributed by atoms with E-state index in [4.69, 9.17) is 5.73 Å². The van der Waals surface area contributed by atoms with Crippen LogP contribution in [0.15, 0.2) is 0 Å². The molecule has 0 radical (unpaired) electrons. The van der Waals surface area contributed by atoms with E-state index in [-0.39, 0.29) is 0 Å². The van der Waals surface area contributed by atoms with Crippen LogP contribution in [-0.4, -0.2) is 55.6 Å². The molecule has 2 N–H and O–H groups in total. The summed E-state index contributed by atoms with van der Waals surface area (Å²) < 4.78 is 0. The maximum absolute atomic E-state index is 5.72. The minimum atomic E-state index is 0.597. The van der Waals surface area contributed by atoms with Gasteiger partial charge in [0.15, 0.2) is 0 Å². The fourth-order valence-corrected chi connectivity index (χ4v) is 2.85. The second-order valence-electron chi connectivity index (χ2n) is 5.79. The van der Waals surface area contributed by atoms with Crippen LogP contribution in [0.5, 0.6) is 0 Å². The molecule has 108 valence electrons. The van der Waals surface area contributed by atoms with E-state index < -0.39 is 0 Å². The van der Waals surface area contributed by atoms with E-state index in [0.29, 0.717) is 5.41 Å². The zero-order valence-electron chi connectivity index (χ0n) is 12.7. The van der Waals surface area contributed by atoms with Gasteiger partial charge in [-0.15, -0.1) is 0 Å². The summed E-state index contributed by atoms with van der Waals surface area (Å²) in [5.74, 6) is 0. The minimum Gasteiger partial charge on any atom is -0.330 e. The van der Waals surface area contributed by atoms with Gasteiger partial charge in [0.25, 0.3) is 0 Å². The quantitative estimate of drug-likeness (QED) is 0.614. The van der Waals surface area contributed by atoms with Crippen molar-refractivity contribution in [2.45, 2.75) is 46.5 Å². The standard InChI is InChI=1S/C15H33N3/c1-4-17(5-2)12-7-13-18(6-3)14-15(8-9-15)10-11-16/h4-14,16H2,1-3H3. The van der Waals surface area contributed by atoms with Crippen LogP contribution in [0.25, 0.3) is 0 Å². The van der Waals surface area contributed by atoms with Crippen molar-refractivity contribution in [2.75, 3.05) is 45.8 Å². The van der Waals surface area contributed by atoms with Gasteiger partial charge in [-0.05, 0) is 70.4 Å². The molecule has 0 heterocycles. The van der Waals surface area contributed by atoms with Gasteiger partial charge < -0.3 is 15.5 Å². The lowest BCUT2D eigenvalue weighted by Crippen LogP contribution is -2.34. The predicted octanol–water partition coefficient (Wildman–Crippen LogP) is 2.17. The van der Waals surface area contributed by atoms with Crippen molar-refractivity contribution in [3.8, 4) is 0 Å². The normalized spacial score (nSPS) is 17.7. The Bertz CT molecular complexity index is 210. The molecular weight excluding hydrogens is 222 g/mol. The summed E-state index contributed by atoms with van der Waals surface area (Å²) in [5.41, 5.74) is 6.32. The molecule has 1 saturated carbocycles. The molecule has 0 spiro atoms. The fraction of sp³-hybridized carbons (Fsp3) is 1.00. The highest BCUT2D eigenvalue weighted by Gasteiger charge is 2.42. The lowest BCUT2D eigenvalue weighted by Gasteiger charge is -2.27. The first-order valence-corrected chi connectivity index (χ1v) is 7.84. The maximum Gasteiger partial charge on any atom is 0.00383 e. The van der Waals surface area contributed by atoms with Gasteiger partial charge in [-0.2, -0.15) is 0 Å². The zero-order chi connectivity index (χ0) is 13.4. The van der Waals surface area contributed by atoms with Gasteiger partial charge in [-0.25, -0.2) is 0 Å². The molecule has 0 aliphatic heterocycles. The highest BCUT2D eigenvalue weighted by Crippen LogP contribution is 2.48. The van der Waals surface area contributed by atoms with Crippen LogP contribution < -0.4 is 5.73 Å². The maximum atomic E-state index is 5.72. The summed E-state index contributed by atoms with van der Waals surface area (Å²) in [6.07, 6.45) is 5.32. The molecule has 18 heavy (non-hydrogen) atoms. The molecule has 1 fully saturated rings. The molecule has 3 heteroatoms. The molecule has 0 saturated heterocycles. The third kappa shape index (κ3) is 5.25. The van der Waals surface area contributed by atoms with Crippen LogP contribution in [0.3, 0.4) is 0 Å². The molecule has 0 bridgehead atoms. The van der Waals surface area contributed by atoms with Crippen molar-refractivity contribution >= 4 is 0 Å². The summed E-state index contributed by atoms with van der Waals surface area (Å²) in [5, 5.41) is 0. The van der Waals surface area contributed by atoms with Crippen LogP contribution in [-0.2, 0) is 0 Å². The Labute approximate surface area is 114 Å². The molecule has 1 aliphatic rings. The van der Waals surface area contributed by atoms with Gasteiger partial charge in [-0.1, -0.05) is 20.8 Å². The molecular formula is C15H33N3. The van der Waals surface area contributed by atoms with E-state index in [0.717, 1.165) is 6.54 Å². The van der Waals surface area contributed by atoms with Gasteiger partial charge in [0.2, 0.25) is 0 Å². The van der Waals surface area contributed by atoms with Gasteiger partial charge in [0, 0.05) is 6.54 Å². The second kappa shape index (κ2) is 8.13. The highest BCUT2D eigenvalue weighted by atomic mass is 15.1. The van der Waals surface area contributed by atoms with Crippen molar-refractivity contribution < 1.29 is 0 Å². The molecule has 3 nitrogen and oxygen atoms in total. The Hall–Kier alpha value is -0.120. The first kappa shape index (κ1) is 15.9. The smallest absolute Gasteiger partial charge is 0.00383 e. The predicted molar refractivity (Wildman–Crippen MR) is 79.9 cm³/mol. The zero-order valence-corrected chi connectivity index (χ0v) is 12.7. The van der Waals surface area contributed by atoms with E-state index in [9.17, 15) is 0 Å². The number of hydrogen-bond donors (Lipinski definition) is 1. The van der Waals surface area contributed by atoms with Gasteiger partial charge >= 0.3 is 0 Å². The molecule has 1 rings (SSSR count). The molecule has 0 amide bonds. The van der Waals surface area contributed by atoms with Crippen molar-refractivity contribution in [2.24, 2.45) is 11.1 Å². The summed E-state index contributed by atoms with van der Waals surface area (Å²) in [7, 11) is 0. The summed E-state index contributed by atoms with van der Waals surface area (Å²) in [4.78, 5) is 5.15. The van der Waals surface area contributed by atoms with E-state index in [2.05, 4.69) is 30.6 Å². The van der Waals surface area contributed by atoms with Gasteiger partial charge in [0.05, 0.1) is 0 Å². The van der Waals surface area contributed by atoms with Crippen LogP contribution in [0.2, 0.25) is 0 Å². The molecule has 0 aromatic carbocycles. The number of rotatable bonds is 11. The third-order valence-corrected chi connectivity index (χ3v) is 4.48. The van der Waals surface area contributed by atoms with E-state index in [1.165, 1.54) is 65.0 Å². The Morgan fingerprint density at radius 1 is 0.944 bits per heavy atom. The molecule has 0 atom stereocenters. The van der Waals surface area contributed by atoms with E-state index in [1.54, 1.807) is 0 Å².